The van der Waals surface area contributed by atoms with E-state index in [1.807, 2.05) is 0 Å². The first kappa shape index (κ1) is 20.9. The molecule has 9 heteroatoms. The van der Waals surface area contributed by atoms with Gasteiger partial charge in [-0.1, -0.05) is 12.1 Å². The Bertz CT molecular complexity index is 631. The van der Waals surface area contributed by atoms with E-state index in [0.717, 1.165) is 0 Å². The number of amides is 1. The summed E-state index contributed by atoms with van der Waals surface area (Å²) < 4.78 is 53.5. The van der Waals surface area contributed by atoms with Crippen LogP contribution in [0.25, 0.3) is 0 Å². The van der Waals surface area contributed by atoms with E-state index in [-0.39, 0.29) is 25.5 Å². The maximum atomic E-state index is 13.4. The highest BCUT2D eigenvalue weighted by Crippen LogP contribution is 2.48. The highest BCUT2D eigenvalue weighted by Gasteiger charge is 2.52. The van der Waals surface area contributed by atoms with Gasteiger partial charge in [0, 0.05) is 32.7 Å². The van der Waals surface area contributed by atoms with Gasteiger partial charge in [0.1, 0.15) is 11.9 Å². The molecular weight excluding hydrogens is 374 g/mol. The summed E-state index contributed by atoms with van der Waals surface area (Å²) in [6.45, 7) is 1.07. The van der Waals surface area contributed by atoms with Gasteiger partial charge in [0.05, 0.1) is 5.41 Å². The summed E-state index contributed by atoms with van der Waals surface area (Å²) in [6, 6.07) is 4.01. The summed E-state index contributed by atoms with van der Waals surface area (Å²) in [6.07, 6.45) is -3.38. The predicted molar refractivity (Wildman–Crippen MR) is 91.9 cm³/mol. The normalized spacial score (nSPS) is 20.8. The molecule has 2 fully saturated rings. The van der Waals surface area contributed by atoms with Crippen LogP contribution in [-0.2, 0) is 10.2 Å². The fraction of sp³-hybridized carbons (Fsp3) is 0.588. The van der Waals surface area contributed by atoms with Crippen LogP contribution < -0.4 is 10.6 Å². The first-order valence-corrected chi connectivity index (χ1v) is 8.39. The molecule has 0 spiro atoms. The molecule has 0 aromatic heterocycles. The third-order valence-corrected chi connectivity index (χ3v) is 4.99. The number of nitrogens with zero attached hydrogens (tertiary/aromatic N) is 1. The molecule has 2 N–H and O–H groups in total. The standard InChI is InChI=1S/C17H21F4N3O.ClH/c18-13-3-1-2-12(10-13)16(4-5-16)15(25)23-11-14(17(19,20)21)24-8-6-22-7-9-24;/h1-3,10,14,22H,4-9,11H2,(H,23,25);1H. The molecule has 4 nitrogen and oxygen atoms in total. The van der Waals surface area contributed by atoms with E-state index in [1.165, 1.54) is 23.1 Å². The molecule has 26 heavy (non-hydrogen) atoms. The predicted octanol–water partition coefficient (Wildman–Crippen LogP) is 2.23. The molecule has 0 bridgehead atoms. The first-order chi connectivity index (χ1) is 11.8. The number of piperazine rings is 1. The lowest BCUT2D eigenvalue weighted by atomic mass is 9.94. The van der Waals surface area contributed by atoms with Gasteiger partial charge in [-0.15, -0.1) is 12.4 Å². The average Bonchev–Trinajstić information content (AvgIpc) is 3.36. The number of alkyl halides is 3. The Kier molecular flexibility index (Phi) is 6.52. The fourth-order valence-corrected chi connectivity index (χ4v) is 3.36. The van der Waals surface area contributed by atoms with E-state index >= 15 is 0 Å². The maximum absolute atomic E-state index is 13.4. The summed E-state index contributed by atoms with van der Waals surface area (Å²) >= 11 is 0. The minimum absolute atomic E-state index is 0. The van der Waals surface area contributed by atoms with Crippen molar-refractivity contribution in [2.24, 2.45) is 0 Å². The summed E-state index contributed by atoms with van der Waals surface area (Å²) in [4.78, 5) is 13.9. The first-order valence-electron chi connectivity index (χ1n) is 8.39. The number of rotatable bonds is 5. The average molecular weight is 396 g/mol. The summed E-state index contributed by atoms with van der Waals surface area (Å²) in [5, 5.41) is 5.48. The van der Waals surface area contributed by atoms with Crippen LogP contribution in [0.15, 0.2) is 24.3 Å². The molecule has 1 unspecified atom stereocenters. The van der Waals surface area contributed by atoms with E-state index in [4.69, 9.17) is 0 Å². The van der Waals surface area contributed by atoms with Crippen LogP contribution in [-0.4, -0.2) is 55.7 Å². The van der Waals surface area contributed by atoms with Crippen molar-refractivity contribution >= 4 is 18.3 Å². The Morgan fingerprint density at radius 3 is 2.46 bits per heavy atom. The van der Waals surface area contributed by atoms with E-state index in [1.54, 1.807) is 6.07 Å². The molecule has 1 saturated heterocycles. The second kappa shape index (κ2) is 8.10. The topological polar surface area (TPSA) is 44.4 Å². The number of hydrogen-bond acceptors (Lipinski definition) is 3. The molecule has 3 rings (SSSR count). The lowest BCUT2D eigenvalue weighted by Crippen LogP contribution is -2.58. The van der Waals surface area contributed by atoms with E-state index in [0.29, 0.717) is 31.5 Å². The van der Waals surface area contributed by atoms with Crippen molar-refractivity contribution in [1.82, 2.24) is 15.5 Å². The van der Waals surface area contributed by atoms with Crippen LogP contribution in [0.2, 0.25) is 0 Å². The summed E-state index contributed by atoms with van der Waals surface area (Å²) in [7, 11) is 0. The van der Waals surface area contributed by atoms with Gasteiger partial charge < -0.3 is 10.6 Å². The zero-order valence-corrected chi connectivity index (χ0v) is 14.9. The molecule has 1 atom stereocenters. The van der Waals surface area contributed by atoms with E-state index in [9.17, 15) is 22.4 Å². The second-order valence-electron chi connectivity index (χ2n) is 6.65. The largest absolute Gasteiger partial charge is 0.405 e. The molecule has 0 radical (unpaired) electrons. The molecule has 1 aliphatic heterocycles. The van der Waals surface area contributed by atoms with Crippen LogP contribution in [0.5, 0.6) is 0 Å². The minimum Gasteiger partial charge on any atom is -0.353 e. The van der Waals surface area contributed by atoms with Crippen molar-refractivity contribution in [3.63, 3.8) is 0 Å². The van der Waals surface area contributed by atoms with Crippen molar-refractivity contribution in [2.75, 3.05) is 32.7 Å². The summed E-state index contributed by atoms with van der Waals surface area (Å²) in [5.41, 5.74) is -0.363. The van der Waals surface area contributed by atoms with Gasteiger partial charge in [-0.05, 0) is 30.5 Å². The third kappa shape index (κ3) is 4.47. The Labute approximate surface area is 155 Å². The molecule has 1 amide bonds. The van der Waals surface area contributed by atoms with Crippen LogP contribution in [0.3, 0.4) is 0 Å². The Balaban J connectivity index is 0.00000243. The third-order valence-electron chi connectivity index (χ3n) is 4.99. The minimum atomic E-state index is -4.42. The Hall–Kier alpha value is -1.38. The quantitative estimate of drug-likeness (QED) is 0.751. The monoisotopic (exact) mass is 395 g/mol. The van der Waals surface area contributed by atoms with Crippen molar-refractivity contribution in [2.45, 2.75) is 30.5 Å². The molecular formula is C17H22ClF4N3O. The zero-order valence-electron chi connectivity index (χ0n) is 14.1. The molecule has 2 aliphatic rings. The van der Waals surface area contributed by atoms with Gasteiger partial charge in [-0.2, -0.15) is 13.2 Å². The number of hydrogen-bond donors (Lipinski definition) is 2. The lowest BCUT2D eigenvalue weighted by molar-refractivity contribution is -0.184. The fourth-order valence-electron chi connectivity index (χ4n) is 3.36. The van der Waals surface area contributed by atoms with Gasteiger partial charge in [-0.3, -0.25) is 9.69 Å². The summed E-state index contributed by atoms with van der Waals surface area (Å²) in [5.74, 6) is -0.909. The highest BCUT2D eigenvalue weighted by atomic mass is 35.5. The molecule has 1 aromatic rings. The van der Waals surface area contributed by atoms with Gasteiger partial charge in [0.25, 0.3) is 0 Å². The van der Waals surface area contributed by atoms with Crippen LogP contribution in [0.4, 0.5) is 17.6 Å². The smallest absolute Gasteiger partial charge is 0.353 e. The Morgan fingerprint density at radius 2 is 1.92 bits per heavy atom. The number of carbonyl (C=O) groups excluding carboxylic acids is 1. The SMILES string of the molecule is Cl.O=C(NCC(N1CCNCC1)C(F)(F)F)C1(c2cccc(F)c2)CC1. The van der Waals surface area contributed by atoms with Crippen LogP contribution >= 0.6 is 12.4 Å². The molecule has 146 valence electrons. The number of halogens is 5. The number of benzene rings is 1. The van der Waals surface area contributed by atoms with Gasteiger partial charge >= 0.3 is 6.18 Å². The zero-order chi connectivity index (χ0) is 18.1. The van der Waals surface area contributed by atoms with Crippen molar-refractivity contribution in [3.8, 4) is 0 Å². The van der Waals surface area contributed by atoms with Gasteiger partial charge in [0.15, 0.2) is 0 Å². The van der Waals surface area contributed by atoms with E-state index < -0.39 is 35.9 Å². The number of nitrogens with one attached hydrogen (secondary N) is 2. The molecule has 1 aliphatic carbocycles. The van der Waals surface area contributed by atoms with Crippen molar-refractivity contribution in [1.29, 1.82) is 0 Å². The number of carbonyl (C=O) groups is 1. The molecule has 1 heterocycles. The maximum Gasteiger partial charge on any atom is 0.405 e. The van der Waals surface area contributed by atoms with Crippen LogP contribution in [0.1, 0.15) is 18.4 Å². The second-order valence-corrected chi connectivity index (χ2v) is 6.65. The van der Waals surface area contributed by atoms with Crippen molar-refractivity contribution in [3.05, 3.63) is 35.6 Å². The highest BCUT2D eigenvalue weighted by molar-refractivity contribution is 5.91. The molecule has 1 aromatic carbocycles. The van der Waals surface area contributed by atoms with Gasteiger partial charge in [-0.25, -0.2) is 4.39 Å². The van der Waals surface area contributed by atoms with E-state index in [2.05, 4.69) is 10.6 Å². The van der Waals surface area contributed by atoms with Crippen molar-refractivity contribution < 1.29 is 22.4 Å². The Morgan fingerprint density at radius 1 is 1.27 bits per heavy atom. The van der Waals surface area contributed by atoms with Gasteiger partial charge in [0.2, 0.25) is 5.91 Å². The van der Waals surface area contributed by atoms with Crippen LogP contribution in [0, 0.1) is 5.82 Å². The molecule has 1 saturated carbocycles. The lowest BCUT2D eigenvalue weighted by Gasteiger charge is -2.36.